The molecular weight excluding hydrogens is 568 g/mol. The van der Waals surface area contributed by atoms with Crippen LogP contribution in [0.2, 0.25) is 0 Å². The number of furan rings is 1. The van der Waals surface area contributed by atoms with Gasteiger partial charge in [0.25, 0.3) is 0 Å². The van der Waals surface area contributed by atoms with Crippen LogP contribution in [0, 0.1) is 0 Å². The van der Waals surface area contributed by atoms with Crippen molar-refractivity contribution in [3.8, 4) is 56.7 Å². The van der Waals surface area contributed by atoms with E-state index in [1.54, 1.807) is 0 Å². The fourth-order valence-electron chi connectivity index (χ4n) is 5.84. The number of oxazole rings is 1. The van der Waals surface area contributed by atoms with Gasteiger partial charge in [0.1, 0.15) is 16.7 Å². The van der Waals surface area contributed by atoms with E-state index in [2.05, 4.69) is 36.4 Å². The Kier molecular flexibility index (Phi) is 6.03. The van der Waals surface area contributed by atoms with E-state index < -0.39 is 0 Å². The summed E-state index contributed by atoms with van der Waals surface area (Å²) in [6.45, 7) is 0. The number of hydrogen-bond donors (Lipinski definition) is 0. The van der Waals surface area contributed by atoms with Crippen molar-refractivity contribution >= 4 is 33.0 Å². The van der Waals surface area contributed by atoms with Crippen molar-refractivity contribution < 1.29 is 8.83 Å². The van der Waals surface area contributed by atoms with Crippen molar-refractivity contribution in [3.05, 3.63) is 146 Å². The van der Waals surface area contributed by atoms with Crippen LogP contribution < -0.4 is 0 Å². The molecule has 216 valence electrons. The lowest BCUT2D eigenvalue weighted by Gasteiger charge is -2.08. The molecule has 0 aliphatic heterocycles. The maximum absolute atomic E-state index is 6.35. The molecule has 0 saturated heterocycles. The van der Waals surface area contributed by atoms with Crippen LogP contribution in [0.15, 0.2) is 154 Å². The molecule has 46 heavy (non-hydrogen) atoms. The second-order valence-corrected chi connectivity index (χ2v) is 11.1. The first-order valence-electron chi connectivity index (χ1n) is 15.1. The normalized spacial score (nSPS) is 11.5. The van der Waals surface area contributed by atoms with Gasteiger partial charge in [-0.05, 0) is 65.7 Å². The third-order valence-electron chi connectivity index (χ3n) is 8.17. The summed E-state index contributed by atoms with van der Waals surface area (Å²) in [5.74, 6) is 2.48. The average molecular weight is 593 g/mol. The molecule has 0 amide bonds. The van der Waals surface area contributed by atoms with Crippen molar-refractivity contribution in [1.29, 1.82) is 0 Å². The summed E-state index contributed by atoms with van der Waals surface area (Å²) < 4.78 is 12.4. The van der Waals surface area contributed by atoms with Gasteiger partial charge >= 0.3 is 0 Å². The monoisotopic (exact) mass is 592 g/mol. The Morgan fingerprint density at radius 3 is 1.54 bits per heavy atom. The molecule has 9 aromatic rings. The minimum atomic E-state index is 0.608. The molecule has 3 aromatic heterocycles. The summed E-state index contributed by atoms with van der Waals surface area (Å²) in [5, 5.41) is 2.02. The molecule has 6 nitrogen and oxygen atoms in total. The van der Waals surface area contributed by atoms with Crippen molar-refractivity contribution in [2.75, 3.05) is 0 Å². The highest BCUT2D eigenvalue weighted by molar-refractivity contribution is 6.07. The Bertz CT molecular complexity index is 2460. The molecule has 6 heteroatoms. The van der Waals surface area contributed by atoms with Gasteiger partial charge in [-0.25, -0.2) is 19.9 Å². The predicted molar refractivity (Wildman–Crippen MR) is 182 cm³/mol. The number of benzene rings is 6. The van der Waals surface area contributed by atoms with Gasteiger partial charge in [-0.15, -0.1) is 0 Å². The SMILES string of the molecule is c1ccc(-c2nc(-c3ccccc3)nc(-c3ccc4oc5cc(-c6ccc7oc(-c8ccccc8)nc7c6)ccc5c4c3)n2)cc1. The second-order valence-electron chi connectivity index (χ2n) is 11.1. The smallest absolute Gasteiger partial charge is 0.227 e. The van der Waals surface area contributed by atoms with Crippen LogP contribution in [0.25, 0.3) is 89.8 Å². The molecule has 3 heterocycles. The van der Waals surface area contributed by atoms with Gasteiger partial charge in [-0.1, -0.05) is 91.0 Å². The minimum absolute atomic E-state index is 0.608. The molecule has 0 radical (unpaired) electrons. The van der Waals surface area contributed by atoms with Gasteiger partial charge in [0.2, 0.25) is 5.89 Å². The van der Waals surface area contributed by atoms with Crippen molar-refractivity contribution in [1.82, 2.24) is 19.9 Å². The highest BCUT2D eigenvalue weighted by Gasteiger charge is 2.16. The zero-order valence-corrected chi connectivity index (χ0v) is 24.5. The van der Waals surface area contributed by atoms with Crippen LogP contribution in [-0.2, 0) is 0 Å². The average Bonchev–Trinajstić information content (AvgIpc) is 3.73. The van der Waals surface area contributed by atoms with Gasteiger partial charge in [-0.3, -0.25) is 0 Å². The number of hydrogen-bond acceptors (Lipinski definition) is 6. The Labute approximate surface area is 263 Å². The maximum Gasteiger partial charge on any atom is 0.227 e. The van der Waals surface area contributed by atoms with E-state index in [1.165, 1.54) is 0 Å². The number of aromatic nitrogens is 4. The minimum Gasteiger partial charge on any atom is -0.456 e. The summed E-state index contributed by atoms with van der Waals surface area (Å²) in [6, 6.07) is 48.4. The summed E-state index contributed by atoms with van der Waals surface area (Å²) in [4.78, 5) is 19.4. The molecule has 0 atom stereocenters. The maximum atomic E-state index is 6.35. The molecule has 0 unspecified atom stereocenters. The molecular formula is C40H24N4O2. The topological polar surface area (TPSA) is 77.8 Å². The fourth-order valence-corrected chi connectivity index (χ4v) is 5.84. The first-order chi connectivity index (χ1) is 22.7. The van der Waals surface area contributed by atoms with E-state index in [0.29, 0.717) is 23.4 Å². The van der Waals surface area contributed by atoms with E-state index in [1.807, 2.05) is 109 Å². The lowest BCUT2D eigenvalue weighted by Crippen LogP contribution is -2.00. The standard InChI is InChI=1S/C40H24N4O2/c1-4-10-25(11-5-1)37-42-38(26-12-6-2-7-13-26)44-39(43-37)30-18-20-34-32(22-30)31-19-16-29(24-36(31)45-34)28-17-21-35-33(23-28)41-40(46-35)27-14-8-3-9-15-27/h1-24H. The Morgan fingerprint density at radius 2 is 0.870 bits per heavy atom. The van der Waals surface area contributed by atoms with Crippen molar-refractivity contribution in [3.63, 3.8) is 0 Å². The van der Waals surface area contributed by atoms with Crippen molar-refractivity contribution in [2.24, 2.45) is 0 Å². The third kappa shape index (κ3) is 4.60. The molecule has 0 N–H and O–H groups in total. The molecule has 9 rings (SSSR count). The van der Waals surface area contributed by atoms with E-state index in [4.69, 9.17) is 28.8 Å². The quantitative estimate of drug-likeness (QED) is 0.198. The zero-order chi connectivity index (χ0) is 30.5. The first-order valence-corrected chi connectivity index (χ1v) is 15.1. The Balaban J connectivity index is 1.11. The number of nitrogens with zero attached hydrogens (tertiary/aromatic N) is 4. The first kappa shape index (κ1) is 26.0. The lowest BCUT2D eigenvalue weighted by atomic mass is 10.0. The summed E-state index contributed by atoms with van der Waals surface area (Å²) in [7, 11) is 0. The molecule has 0 bridgehead atoms. The van der Waals surface area contributed by atoms with Crippen LogP contribution in [0.1, 0.15) is 0 Å². The molecule has 0 aliphatic rings. The van der Waals surface area contributed by atoms with E-state index in [0.717, 1.165) is 66.4 Å². The Morgan fingerprint density at radius 1 is 0.326 bits per heavy atom. The largest absolute Gasteiger partial charge is 0.456 e. The van der Waals surface area contributed by atoms with Crippen LogP contribution in [-0.4, -0.2) is 19.9 Å². The lowest BCUT2D eigenvalue weighted by molar-refractivity contribution is 0.620. The van der Waals surface area contributed by atoms with Crippen LogP contribution in [0.5, 0.6) is 0 Å². The van der Waals surface area contributed by atoms with Gasteiger partial charge in [0.05, 0.1) is 0 Å². The van der Waals surface area contributed by atoms with Crippen molar-refractivity contribution in [2.45, 2.75) is 0 Å². The summed E-state index contributed by atoms with van der Waals surface area (Å²) in [5.41, 5.74) is 8.96. The van der Waals surface area contributed by atoms with Gasteiger partial charge in [-0.2, -0.15) is 0 Å². The molecule has 6 aromatic carbocycles. The van der Waals surface area contributed by atoms with Gasteiger partial charge in [0, 0.05) is 33.0 Å². The van der Waals surface area contributed by atoms with Crippen LogP contribution in [0.4, 0.5) is 0 Å². The number of fused-ring (bicyclic) bond motifs is 4. The van der Waals surface area contributed by atoms with Crippen LogP contribution >= 0.6 is 0 Å². The fraction of sp³-hybridized carbons (Fsp3) is 0. The number of rotatable bonds is 5. The summed E-state index contributed by atoms with van der Waals surface area (Å²) in [6.07, 6.45) is 0. The molecule has 0 fully saturated rings. The van der Waals surface area contributed by atoms with Gasteiger partial charge < -0.3 is 8.83 Å². The second kappa shape index (κ2) is 10.6. The van der Waals surface area contributed by atoms with Gasteiger partial charge in [0.15, 0.2) is 23.1 Å². The highest BCUT2D eigenvalue weighted by atomic mass is 16.3. The Hall–Kier alpha value is -6.40. The zero-order valence-electron chi connectivity index (χ0n) is 24.5. The molecule has 0 aliphatic carbocycles. The highest BCUT2D eigenvalue weighted by Crippen LogP contribution is 2.36. The van der Waals surface area contributed by atoms with E-state index in [-0.39, 0.29) is 0 Å². The summed E-state index contributed by atoms with van der Waals surface area (Å²) >= 11 is 0. The van der Waals surface area contributed by atoms with E-state index >= 15 is 0 Å². The predicted octanol–water partition coefficient (Wildman–Crippen LogP) is 10.2. The molecule has 0 spiro atoms. The van der Waals surface area contributed by atoms with E-state index in [9.17, 15) is 0 Å². The molecule has 0 saturated carbocycles. The van der Waals surface area contributed by atoms with Crippen LogP contribution in [0.3, 0.4) is 0 Å². The third-order valence-corrected chi connectivity index (χ3v) is 8.17.